The molecule has 2 aliphatic heterocycles. The second-order valence-corrected chi connectivity index (χ2v) is 14.1. The van der Waals surface area contributed by atoms with E-state index in [4.69, 9.17) is 4.74 Å². The Balaban J connectivity index is 0.917. The maximum absolute atomic E-state index is 12.7. The second-order valence-electron chi connectivity index (χ2n) is 13.1. The maximum atomic E-state index is 12.7. The minimum absolute atomic E-state index is 0.0170. The van der Waals surface area contributed by atoms with Crippen molar-refractivity contribution in [2.45, 2.75) is 77.7 Å². The predicted molar refractivity (Wildman–Crippen MR) is 190 cm³/mol. The lowest BCUT2D eigenvalue weighted by Crippen LogP contribution is -2.39. The third-order valence-corrected chi connectivity index (χ3v) is 10.4. The summed E-state index contributed by atoms with van der Waals surface area (Å²) in [6, 6.07) is 17.5. The number of likely N-dealkylation sites (tertiary alicyclic amines) is 1. The summed E-state index contributed by atoms with van der Waals surface area (Å²) >= 11 is 1.43. The monoisotopic (exact) mass is 660 g/mol. The SMILES string of the molecule is CCCCCCN1CCC(CNC(=O)c2ccc(COCCC3CCN(c4nnc(NC(=O)Cc5ccccc5)s4)CC3)cc2)CC1. The smallest absolute Gasteiger partial charge is 0.251 e. The molecule has 0 radical (unpaired) electrons. The Bertz CT molecular complexity index is 1350. The third-order valence-electron chi connectivity index (χ3n) is 9.49. The Morgan fingerprint density at radius 3 is 2.36 bits per heavy atom. The van der Waals surface area contributed by atoms with Gasteiger partial charge in [-0.15, -0.1) is 10.2 Å². The molecule has 0 bridgehead atoms. The van der Waals surface area contributed by atoms with Crippen LogP contribution in [0.3, 0.4) is 0 Å². The number of amides is 2. The van der Waals surface area contributed by atoms with Crippen molar-refractivity contribution in [3.63, 3.8) is 0 Å². The van der Waals surface area contributed by atoms with Crippen LogP contribution in [-0.2, 0) is 22.6 Å². The predicted octanol–water partition coefficient (Wildman–Crippen LogP) is 6.56. The van der Waals surface area contributed by atoms with E-state index in [9.17, 15) is 9.59 Å². The van der Waals surface area contributed by atoms with E-state index >= 15 is 0 Å². The zero-order chi connectivity index (χ0) is 32.7. The third kappa shape index (κ3) is 11.7. The fourth-order valence-electron chi connectivity index (χ4n) is 6.46. The molecule has 2 aliphatic rings. The van der Waals surface area contributed by atoms with E-state index < -0.39 is 0 Å². The Hall–Kier alpha value is -3.34. The molecule has 254 valence electrons. The summed E-state index contributed by atoms with van der Waals surface area (Å²) in [6.07, 6.45) is 11.1. The van der Waals surface area contributed by atoms with Crippen molar-refractivity contribution < 1.29 is 14.3 Å². The maximum Gasteiger partial charge on any atom is 0.251 e. The number of ether oxygens (including phenoxy) is 1. The zero-order valence-corrected chi connectivity index (χ0v) is 28.8. The topological polar surface area (TPSA) is 99.7 Å². The van der Waals surface area contributed by atoms with Crippen LogP contribution >= 0.6 is 11.3 Å². The fourth-order valence-corrected chi connectivity index (χ4v) is 7.27. The number of carbonyl (C=O) groups is 2. The number of nitrogens with zero attached hydrogens (tertiary/aromatic N) is 4. The van der Waals surface area contributed by atoms with Gasteiger partial charge in [-0.05, 0) is 93.3 Å². The standard InChI is InChI=1S/C37H52N6O3S/c1-2-3-4-8-20-42-21-15-31(16-22-42)27-38-35(45)33-13-11-32(12-14-33)28-46-25-19-29-17-23-43(24-18-29)37-41-40-36(47-37)39-34(44)26-30-9-6-5-7-10-30/h5-7,9-14,29,31H,2-4,8,15-28H2,1H3,(H,38,45)(H,39,40,44). The van der Waals surface area contributed by atoms with Gasteiger partial charge in [0.15, 0.2) is 0 Å². The molecule has 2 amide bonds. The lowest BCUT2D eigenvalue weighted by molar-refractivity contribution is -0.115. The van der Waals surface area contributed by atoms with Gasteiger partial charge in [0.1, 0.15) is 0 Å². The number of hydrogen-bond acceptors (Lipinski definition) is 8. The summed E-state index contributed by atoms with van der Waals surface area (Å²) in [6.45, 7) is 9.70. The van der Waals surface area contributed by atoms with Crippen LogP contribution in [0.1, 0.15) is 86.2 Å². The molecule has 2 fully saturated rings. The molecule has 0 atom stereocenters. The van der Waals surface area contributed by atoms with Gasteiger partial charge in [-0.25, -0.2) is 0 Å². The number of anilines is 2. The van der Waals surface area contributed by atoms with E-state index in [1.807, 2.05) is 54.6 Å². The molecule has 5 rings (SSSR count). The first kappa shape index (κ1) is 35.0. The molecule has 9 nitrogen and oxygen atoms in total. The molecular formula is C37H52N6O3S. The van der Waals surface area contributed by atoms with Crippen LogP contribution in [0.15, 0.2) is 54.6 Å². The Morgan fingerprint density at radius 1 is 0.872 bits per heavy atom. The van der Waals surface area contributed by atoms with Crippen molar-refractivity contribution in [2.75, 3.05) is 56.1 Å². The van der Waals surface area contributed by atoms with Crippen molar-refractivity contribution in [2.24, 2.45) is 11.8 Å². The molecule has 1 aromatic heterocycles. The summed E-state index contributed by atoms with van der Waals surface area (Å²) in [5.74, 6) is 1.13. The number of unbranched alkanes of at least 4 members (excludes halogenated alkanes) is 3. The molecule has 2 N–H and O–H groups in total. The lowest BCUT2D eigenvalue weighted by atomic mass is 9.94. The molecule has 3 heterocycles. The van der Waals surface area contributed by atoms with Crippen molar-refractivity contribution in [1.82, 2.24) is 20.4 Å². The van der Waals surface area contributed by atoms with Gasteiger partial charge in [0.05, 0.1) is 13.0 Å². The lowest BCUT2D eigenvalue weighted by Gasteiger charge is -2.32. The average Bonchev–Trinajstić information content (AvgIpc) is 3.57. The second kappa shape index (κ2) is 18.9. The minimum Gasteiger partial charge on any atom is -0.377 e. The first-order valence-corrected chi connectivity index (χ1v) is 18.5. The number of nitrogens with one attached hydrogen (secondary N) is 2. The summed E-state index contributed by atoms with van der Waals surface area (Å²) in [4.78, 5) is 30.0. The van der Waals surface area contributed by atoms with E-state index in [0.717, 1.165) is 74.9 Å². The number of rotatable bonds is 17. The van der Waals surface area contributed by atoms with E-state index in [-0.39, 0.29) is 11.8 Å². The van der Waals surface area contributed by atoms with Gasteiger partial charge in [0.25, 0.3) is 5.91 Å². The van der Waals surface area contributed by atoms with E-state index in [2.05, 4.69) is 37.6 Å². The molecule has 0 unspecified atom stereocenters. The van der Waals surface area contributed by atoms with Crippen molar-refractivity contribution in [3.05, 3.63) is 71.3 Å². The van der Waals surface area contributed by atoms with Gasteiger partial charge in [0, 0.05) is 31.8 Å². The quantitative estimate of drug-likeness (QED) is 0.158. The van der Waals surface area contributed by atoms with Crippen LogP contribution in [0.2, 0.25) is 0 Å². The molecule has 0 spiro atoms. The van der Waals surface area contributed by atoms with Crippen molar-refractivity contribution in [1.29, 1.82) is 0 Å². The largest absolute Gasteiger partial charge is 0.377 e. The van der Waals surface area contributed by atoms with Gasteiger partial charge in [-0.1, -0.05) is 80.0 Å². The number of hydrogen-bond donors (Lipinski definition) is 2. The summed E-state index contributed by atoms with van der Waals surface area (Å²) in [7, 11) is 0. The highest BCUT2D eigenvalue weighted by Gasteiger charge is 2.23. The number of benzene rings is 2. The van der Waals surface area contributed by atoms with Crippen LogP contribution in [0.5, 0.6) is 0 Å². The zero-order valence-electron chi connectivity index (χ0n) is 28.0. The first-order chi connectivity index (χ1) is 23.1. The molecule has 2 aromatic carbocycles. The molecule has 0 saturated carbocycles. The van der Waals surface area contributed by atoms with Crippen molar-refractivity contribution in [3.8, 4) is 0 Å². The summed E-state index contributed by atoms with van der Waals surface area (Å²) < 4.78 is 6.01. The molecular weight excluding hydrogens is 609 g/mol. The normalized spacial score (nSPS) is 16.3. The first-order valence-electron chi connectivity index (χ1n) is 17.6. The van der Waals surface area contributed by atoms with E-state index in [1.54, 1.807) is 0 Å². The Kier molecular flexibility index (Phi) is 14.0. The highest BCUT2D eigenvalue weighted by Crippen LogP contribution is 2.29. The van der Waals surface area contributed by atoms with Crippen LogP contribution in [0.4, 0.5) is 10.3 Å². The van der Waals surface area contributed by atoms with Crippen LogP contribution < -0.4 is 15.5 Å². The highest BCUT2D eigenvalue weighted by molar-refractivity contribution is 7.19. The molecule has 47 heavy (non-hydrogen) atoms. The summed E-state index contributed by atoms with van der Waals surface area (Å²) in [5, 5.41) is 16.0. The number of carbonyl (C=O) groups excluding carboxylic acids is 2. The molecule has 10 heteroatoms. The molecule has 0 aliphatic carbocycles. The van der Waals surface area contributed by atoms with E-state index in [1.165, 1.54) is 56.4 Å². The van der Waals surface area contributed by atoms with E-state index in [0.29, 0.717) is 35.6 Å². The fraction of sp³-hybridized carbons (Fsp3) is 0.568. The van der Waals surface area contributed by atoms with Crippen LogP contribution in [0, 0.1) is 11.8 Å². The average molecular weight is 661 g/mol. The number of piperidine rings is 2. The minimum atomic E-state index is -0.0798. The molecule has 2 saturated heterocycles. The van der Waals surface area contributed by atoms with Gasteiger partial charge >= 0.3 is 0 Å². The summed E-state index contributed by atoms with van der Waals surface area (Å²) in [5.41, 5.74) is 2.78. The Morgan fingerprint density at radius 2 is 1.62 bits per heavy atom. The van der Waals surface area contributed by atoms with Gasteiger partial charge in [0.2, 0.25) is 16.2 Å². The van der Waals surface area contributed by atoms with Crippen molar-refractivity contribution >= 4 is 33.4 Å². The van der Waals surface area contributed by atoms with Crippen LogP contribution in [0.25, 0.3) is 0 Å². The van der Waals surface area contributed by atoms with Gasteiger partial charge in [-0.2, -0.15) is 0 Å². The number of aromatic nitrogens is 2. The highest BCUT2D eigenvalue weighted by atomic mass is 32.1. The van der Waals surface area contributed by atoms with Gasteiger partial charge in [-0.3, -0.25) is 9.59 Å². The van der Waals surface area contributed by atoms with Gasteiger partial charge < -0.3 is 25.2 Å². The Labute approximate surface area is 284 Å². The van der Waals surface area contributed by atoms with Crippen LogP contribution in [-0.4, -0.2) is 72.8 Å². The molecule has 3 aromatic rings.